The third kappa shape index (κ3) is 8.15. The molecular formula is C24H31BrN2O2S. The molecule has 1 N–H and O–H groups in total. The van der Waals surface area contributed by atoms with Crippen molar-refractivity contribution in [2.24, 2.45) is 0 Å². The lowest BCUT2D eigenvalue weighted by molar-refractivity contribution is -0.139. The maximum absolute atomic E-state index is 13.1. The third-order valence-electron chi connectivity index (χ3n) is 4.51. The molecule has 2 aromatic rings. The van der Waals surface area contributed by atoms with Crippen molar-refractivity contribution in [3.05, 3.63) is 69.7 Å². The first kappa shape index (κ1) is 24.5. The van der Waals surface area contributed by atoms with E-state index in [0.29, 0.717) is 12.3 Å². The molecule has 0 saturated carbocycles. The molecule has 6 heteroatoms. The Hall–Kier alpha value is -1.79. The van der Waals surface area contributed by atoms with Gasteiger partial charge < -0.3 is 10.2 Å². The minimum Gasteiger partial charge on any atom is -0.350 e. The number of hydrogen-bond acceptors (Lipinski definition) is 3. The first-order valence-corrected chi connectivity index (χ1v) is 12.0. The minimum atomic E-state index is -0.556. The van der Waals surface area contributed by atoms with Gasteiger partial charge in [0.2, 0.25) is 11.8 Å². The molecule has 0 spiro atoms. The minimum absolute atomic E-state index is 0.0351. The number of carbonyl (C=O) groups is 2. The van der Waals surface area contributed by atoms with Gasteiger partial charge in [0.1, 0.15) is 6.04 Å². The fourth-order valence-corrected chi connectivity index (χ4v) is 4.11. The van der Waals surface area contributed by atoms with Gasteiger partial charge in [0.05, 0.1) is 5.75 Å². The Kier molecular flexibility index (Phi) is 8.98. The Bertz CT molecular complexity index is 862. The van der Waals surface area contributed by atoms with E-state index in [9.17, 15) is 9.59 Å². The summed E-state index contributed by atoms with van der Waals surface area (Å²) in [4.78, 5) is 27.5. The molecule has 1 atom stereocenters. The molecule has 0 saturated heterocycles. The summed E-state index contributed by atoms with van der Waals surface area (Å²) in [5.74, 6) is 0.920. The van der Waals surface area contributed by atoms with Crippen molar-refractivity contribution in [2.75, 3.05) is 5.75 Å². The Morgan fingerprint density at radius 2 is 1.77 bits per heavy atom. The number of hydrogen-bond donors (Lipinski definition) is 1. The van der Waals surface area contributed by atoms with Gasteiger partial charge in [-0.05, 0) is 57.9 Å². The van der Waals surface area contributed by atoms with E-state index < -0.39 is 6.04 Å². The fraction of sp³-hybridized carbons (Fsp3) is 0.417. The SMILES string of the molecule is Cc1cccc(CSCC(=O)N(Cc2ccc(Br)cc2)[C@@H](C)C(=O)NC(C)(C)C)c1. The van der Waals surface area contributed by atoms with Crippen LogP contribution in [-0.2, 0) is 21.9 Å². The van der Waals surface area contributed by atoms with E-state index in [1.807, 2.05) is 51.1 Å². The van der Waals surface area contributed by atoms with E-state index in [4.69, 9.17) is 0 Å². The summed E-state index contributed by atoms with van der Waals surface area (Å²) < 4.78 is 0.983. The van der Waals surface area contributed by atoms with Crippen molar-refractivity contribution in [2.45, 2.75) is 58.5 Å². The second-order valence-corrected chi connectivity index (χ2v) is 10.4. The number of nitrogens with one attached hydrogen (secondary N) is 1. The predicted molar refractivity (Wildman–Crippen MR) is 129 cm³/mol. The van der Waals surface area contributed by atoms with Gasteiger partial charge in [0.25, 0.3) is 0 Å². The molecule has 2 amide bonds. The van der Waals surface area contributed by atoms with E-state index in [2.05, 4.69) is 46.4 Å². The lowest BCUT2D eigenvalue weighted by Gasteiger charge is -2.31. The molecule has 0 aliphatic rings. The van der Waals surface area contributed by atoms with E-state index in [1.54, 1.807) is 23.6 Å². The van der Waals surface area contributed by atoms with E-state index in [0.717, 1.165) is 15.8 Å². The summed E-state index contributed by atoms with van der Waals surface area (Å²) in [6.07, 6.45) is 0. The monoisotopic (exact) mass is 490 g/mol. The van der Waals surface area contributed by atoms with Crippen molar-refractivity contribution < 1.29 is 9.59 Å². The second-order valence-electron chi connectivity index (χ2n) is 8.55. The average molecular weight is 491 g/mol. The van der Waals surface area contributed by atoms with Gasteiger partial charge in [-0.1, -0.05) is 57.9 Å². The second kappa shape index (κ2) is 11.0. The Morgan fingerprint density at radius 3 is 2.37 bits per heavy atom. The first-order valence-electron chi connectivity index (χ1n) is 10.0. The number of thioether (sulfide) groups is 1. The van der Waals surface area contributed by atoms with Gasteiger partial charge in [0.15, 0.2) is 0 Å². The van der Waals surface area contributed by atoms with Crippen LogP contribution in [0, 0.1) is 6.92 Å². The number of benzene rings is 2. The third-order valence-corrected chi connectivity index (χ3v) is 6.03. The molecule has 0 aliphatic heterocycles. The lowest BCUT2D eigenvalue weighted by Crippen LogP contribution is -2.52. The number of aryl methyl sites for hydroxylation is 1. The summed E-state index contributed by atoms with van der Waals surface area (Å²) in [5.41, 5.74) is 3.05. The quantitative estimate of drug-likeness (QED) is 0.544. The molecule has 30 heavy (non-hydrogen) atoms. The molecule has 0 heterocycles. The zero-order valence-electron chi connectivity index (χ0n) is 18.4. The van der Waals surface area contributed by atoms with Crippen molar-refractivity contribution in [1.82, 2.24) is 10.2 Å². The van der Waals surface area contributed by atoms with Gasteiger partial charge in [-0.15, -0.1) is 11.8 Å². The van der Waals surface area contributed by atoms with Gasteiger partial charge >= 0.3 is 0 Å². The van der Waals surface area contributed by atoms with Crippen LogP contribution >= 0.6 is 27.7 Å². The average Bonchev–Trinajstić information content (AvgIpc) is 2.65. The molecule has 0 bridgehead atoms. The molecular weight excluding hydrogens is 460 g/mol. The van der Waals surface area contributed by atoms with Crippen molar-refractivity contribution >= 4 is 39.5 Å². The lowest BCUT2D eigenvalue weighted by atomic mass is 10.1. The molecule has 0 aromatic heterocycles. The summed E-state index contributed by atoms with van der Waals surface area (Å²) in [7, 11) is 0. The molecule has 2 rings (SSSR count). The zero-order chi connectivity index (χ0) is 22.3. The topological polar surface area (TPSA) is 49.4 Å². The summed E-state index contributed by atoms with van der Waals surface area (Å²) in [6.45, 7) is 10.1. The largest absolute Gasteiger partial charge is 0.350 e. The highest BCUT2D eigenvalue weighted by molar-refractivity contribution is 9.10. The Morgan fingerprint density at radius 1 is 1.10 bits per heavy atom. The van der Waals surface area contributed by atoms with Crippen LogP contribution < -0.4 is 5.32 Å². The van der Waals surface area contributed by atoms with Crippen LogP contribution in [0.2, 0.25) is 0 Å². The first-order chi connectivity index (χ1) is 14.0. The predicted octanol–water partition coefficient (Wildman–Crippen LogP) is 5.32. The molecule has 2 aromatic carbocycles. The van der Waals surface area contributed by atoms with Gasteiger partial charge in [-0.3, -0.25) is 9.59 Å². The van der Waals surface area contributed by atoms with Crippen LogP contribution in [-0.4, -0.2) is 34.0 Å². The molecule has 0 radical (unpaired) electrons. The number of carbonyl (C=O) groups excluding carboxylic acids is 2. The van der Waals surface area contributed by atoms with E-state index in [-0.39, 0.29) is 17.4 Å². The highest BCUT2D eigenvalue weighted by atomic mass is 79.9. The normalized spacial score (nSPS) is 12.3. The molecule has 0 unspecified atom stereocenters. The summed E-state index contributed by atoms with van der Waals surface area (Å²) in [5, 5.41) is 2.99. The van der Waals surface area contributed by atoms with Crippen LogP contribution in [0.1, 0.15) is 44.4 Å². The summed E-state index contributed by atoms with van der Waals surface area (Å²) in [6, 6.07) is 15.6. The van der Waals surface area contributed by atoms with E-state index >= 15 is 0 Å². The molecule has 0 aliphatic carbocycles. The zero-order valence-corrected chi connectivity index (χ0v) is 20.8. The molecule has 4 nitrogen and oxygen atoms in total. The van der Waals surface area contributed by atoms with Crippen LogP contribution in [0.25, 0.3) is 0 Å². The van der Waals surface area contributed by atoms with E-state index in [1.165, 1.54) is 11.1 Å². The number of amides is 2. The maximum atomic E-state index is 13.1. The Labute approximate surface area is 192 Å². The fourth-order valence-electron chi connectivity index (χ4n) is 2.98. The maximum Gasteiger partial charge on any atom is 0.242 e. The smallest absolute Gasteiger partial charge is 0.242 e. The van der Waals surface area contributed by atoms with Gasteiger partial charge in [-0.25, -0.2) is 0 Å². The Balaban J connectivity index is 2.09. The number of nitrogens with zero attached hydrogens (tertiary/aromatic N) is 1. The highest BCUT2D eigenvalue weighted by Gasteiger charge is 2.28. The molecule has 0 fully saturated rings. The van der Waals surface area contributed by atoms with Crippen molar-refractivity contribution in [1.29, 1.82) is 0 Å². The highest BCUT2D eigenvalue weighted by Crippen LogP contribution is 2.18. The van der Waals surface area contributed by atoms with Crippen molar-refractivity contribution in [3.8, 4) is 0 Å². The van der Waals surface area contributed by atoms with Crippen LogP contribution in [0.4, 0.5) is 0 Å². The standard InChI is InChI=1S/C24H31BrN2O2S/c1-17-7-6-8-20(13-17)15-30-16-22(28)27(14-19-9-11-21(25)12-10-19)18(2)23(29)26-24(3,4)5/h6-13,18H,14-16H2,1-5H3,(H,26,29)/t18-/m0/s1. The van der Waals surface area contributed by atoms with Crippen LogP contribution in [0.15, 0.2) is 53.0 Å². The number of halogens is 1. The number of rotatable bonds is 8. The summed E-state index contributed by atoms with van der Waals surface area (Å²) >= 11 is 5.02. The van der Waals surface area contributed by atoms with Gasteiger partial charge in [0, 0.05) is 22.3 Å². The van der Waals surface area contributed by atoms with Crippen LogP contribution in [0.5, 0.6) is 0 Å². The molecule has 162 valence electrons. The van der Waals surface area contributed by atoms with Gasteiger partial charge in [-0.2, -0.15) is 0 Å². The van der Waals surface area contributed by atoms with Crippen LogP contribution in [0.3, 0.4) is 0 Å². The van der Waals surface area contributed by atoms with Crippen molar-refractivity contribution in [3.63, 3.8) is 0 Å².